The van der Waals surface area contributed by atoms with Crippen LogP contribution in [0.15, 0.2) is 18.2 Å². The summed E-state index contributed by atoms with van der Waals surface area (Å²) in [5.74, 6) is -0.469. The lowest BCUT2D eigenvalue weighted by Crippen LogP contribution is -2.38. The number of hydrogen-bond acceptors (Lipinski definition) is 2. The van der Waals surface area contributed by atoms with Crippen LogP contribution in [0.2, 0.25) is 0 Å². The molecule has 6 heteroatoms. The molecule has 0 unspecified atom stereocenters. The lowest BCUT2D eigenvalue weighted by atomic mass is 10.1. The molecule has 0 heterocycles. The molecule has 0 spiro atoms. The number of hydrogen-bond donors (Lipinski definition) is 1. The van der Waals surface area contributed by atoms with Crippen molar-refractivity contribution in [3.8, 4) is 0 Å². The van der Waals surface area contributed by atoms with Gasteiger partial charge in [-0.3, -0.25) is 4.90 Å². The molecule has 2 nitrogen and oxygen atoms in total. The van der Waals surface area contributed by atoms with Gasteiger partial charge < -0.3 is 5.32 Å². The van der Waals surface area contributed by atoms with Crippen molar-refractivity contribution in [3.63, 3.8) is 0 Å². The standard InChI is InChI=1S/C15H22F4N2/c1-4-20-8-12-5-6-14(16)13(7-12)9-21(11(2)3)10-15(17,18)19/h5-7,11,20H,4,8-10H2,1-3H3. The van der Waals surface area contributed by atoms with E-state index in [0.717, 1.165) is 12.1 Å². The summed E-state index contributed by atoms with van der Waals surface area (Å²) in [5, 5.41) is 3.11. The zero-order valence-corrected chi connectivity index (χ0v) is 12.6. The second-order valence-corrected chi connectivity index (χ2v) is 5.32. The first-order valence-electron chi connectivity index (χ1n) is 7.01. The number of benzene rings is 1. The Bertz CT molecular complexity index is 444. The van der Waals surface area contributed by atoms with Crippen LogP contribution in [-0.2, 0) is 13.1 Å². The highest BCUT2D eigenvalue weighted by Gasteiger charge is 2.32. The summed E-state index contributed by atoms with van der Waals surface area (Å²) in [6, 6.07) is 4.27. The van der Waals surface area contributed by atoms with E-state index in [1.54, 1.807) is 26.0 Å². The number of alkyl halides is 3. The third-order valence-corrected chi connectivity index (χ3v) is 3.18. The summed E-state index contributed by atoms with van der Waals surface area (Å²) in [7, 11) is 0. The Labute approximate surface area is 123 Å². The van der Waals surface area contributed by atoms with Gasteiger partial charge in [0.15, 0.2) is 0 Å². The fourth-order valence-electron chi connectivity index (χ4n) is 2.00. The van der Waals surface area contributed by atoms with Gasteiger partial charge in [-0.25, -0.2) is 4.39 Å². The number of rotatable bonds is 7. The van der Waals surface area contributed by atoms with Crippen LogP contribution in [0.3, 0.4) is 0 Å². The highest BCUT2D eigenvalue weighted by atomic mass is 19.4. The van der Waals surface area contributed by atoms with Gasteiger partial charge in [0.1, 0.15) is 5.82 Å². The van der Waals surface area contributed by atoms with Crippen molar-refractivity contribution in [2.24, 2.45) is 0 Å². The maximum absolute atomic E-state index is 13.8. The smallest absolute Gasteiger partial charge is 0.313 e. The van der Waals surface area contributed by atoms with Gasteiger partial charge in [-0.1, -0.05) is 19.1 Å². The number of nitrogens with one attached hydrogen (secondary N) is 1. The van der Waals surface area contributed by atoms with E-state index in [4.69, 9.17) is 0 Å². The molecule has 1 aromatic rings. The SMILES string of the molecule is CCNCc1ccc(F)c(CN(CC(F)(F)F)C(C)C)c1. The van der Waals surface area contributed by atoms with Crippen LogP contribution in [0.5, 0.6) is 0 Å². The van der Waals surface area contributed by atoms with E-state index in [2.05, 4.69) is 5.32 Å². The lowest BCUT2D eigenvalue weighted by molar-refractivity contribution is -0.151. The average molecular weight is 306 g/mol. The van der Waals surface area contributed by atoms with Gasteiger partial charge in [0.05, 0.1) is 6.54 Å². The Kier molecular flexibility index (Phi) is 6.61. The van der Waals surface area contributed by atoms with Gasteiger partial charge in [0.2, 0.25) is 0 Å². The Morgan fingerprint density at radius 1 is 1.24 bits per heavy atom. The van der Waals surface area contributed by atoms with Crippen LogP contribution >= 0.6 is 0 Å². The molecule has 0 bridgehead atoms. The summed E-state index contributed by atoms with van der Waals surface area (Å²) >= 11 is 0. The molecule has 0 fully saturated rings. The van der Waals surface area contributed by atoms with Crippen molar-refractivity contribution >= 4 is 0 Å². The van der Waals surface area contributed by atoms with Crippen LogP contribution in [0, 0.1) is 5.82 Å². The first-order chi connectivity index (χ1) is 9.73. The molecule has 21 heavy (non-hydrogen) atoms. The predicted octanol–water partition coefficient (Wildman–Crippen LogP) is 3.71. The summed E-state index contributed by atoms with van der Waals surface area (Å²) in [6.07, 6.45) is -4.29. The van der Waals surface area contributed by atoms with Crippen molar-refractivity contribution in [3.05, 3.63) is 35.1 Å². The Morgan fingerprint density at radius 2 is 1.90 bits per heavy atom. The van der Waals surface area contributed by atoms with Gasteiger partial charge in [0.25, 0.3) is 0 Å². The monoisotopic (exact) mass is 306 g/mol. The molecule has 1 rings (SSSR count). The van der Waals surface area contributed by atoms with E-state index in [1.807, 2.05) is 6.92 Å². The molecule has 0 radical (unpaired) electrons. The highest BCUT2D eigenvalue weighted by molar-refractivity contribution is 5.25. The molecule has 120 valence electrons. The Morgan fingerprint density at radius 3 is 2.43 bits per heavy atom. The molecule has 1 N–H and O–H groups in total. The number of halogens is 4. The maximum atomic E-state index is 13.8. The van der Waals surface area contributed by atoms with Crippen molar-refractivity contribution < 1.29 is 17.6 Å². The zero-order chi connectivity index (χ0) is 16.0. The van der Waals surface area contributed by atoms with E-state index in [1.165, 1.54) is 11.0 Å². The number of nitrogens with zero attached hydrogens (tertiary/aromatic N) is 1. The molecule has 0 aliphatic carbocycles. The molecule has 0 aliphatic rings. The summed E-state index contributed by atoms with van der Waals surface area (Å²) in [6.45, 7) is 5.56. The third-order valence-electron chi connectivity index (χ3n) is 3.18. The lowest BCUT2D eigenvalue weighted by Gasteiger charge is -2.27. The van der Waals surface area contributed by atoms with E-state index in [-0.39, 0.29) is 12.6 Å². The third kappa shape index (κ3) is 6.44. The van der Waals surface area contributed by atoms with Gasteiger partial charge >= 0.3 is 6.18 Å². The largest absolute Gasteiger partial charge is 0.401 e. The average Bonchev–Trinajstić information content (AvgIpc) is 2.37. The molecule has 0 aromatic heterocycles. The predicted molar refractivity (Wildman–Crippen MR) is 75.4 cm³/mol. The minimum Gasteiger partial charge on any atom is -0.313 e. The zero-order valence-electron chi connectivity index (χ0n) is 12.6. The topological polar surface area (TPSA) is 15.3 Å². The van der Waals surface area contributed by atoms with E-state index in [0.29, 0.717) is 12.1 Å². The van der Waals surface area contributed by atoms with Gasteiger partial charge in [-0.2, -0.15) is 13.2 Å². The van der Waals surface area contributed by atoms with E-state index >= 15 is 0 Å². The summed E-state index contributed by atoms with van der Waals surface area (Å²) in [4.78, 5) is 1.22. The molecule has 1 aromatic carbocycles. The molecule has 0 saturated carbocycles. The fraction of sp³-hybridized carbons (Fsp3) is 0.600. The summed E-state index contributed by atoms with van der Waals surface area (Å²) < 4.78 is 51.5. The molecule has 0 aliphatic heterocycles. The molecule has 0 saturated heterocycles. The highest BCUT2D eigenvalue weighted by Crippen LogP contribution is 2.21. The van der Waals surface area contributed by atoms with Gasteiger partial charge in [-0.05, 0) is 32.0 Å². The quantitative estimate of drug-likeness (QED) is 0.773. The molecular formula is C15H22F4N2. The van der Waals surface area contributed by atoms with Crippen LogP contribution in [-0.4, -0.2) is 30.2 Å². The van der Waals surface area contributed by atoms with Crippen molar-refractivity contribution in [2.75, 3.05) is 13.1 Å². The minimum absolute atomic E-state index is 0.0526. The second-order valence-electron chi connectivity index (χ2n) is 5.32. The normalized spacial score (nSPS) is 12.4. The first kappa shape index (κ1) is 17.9. The van der Waals surface area contributed by atoms with Crippen molar-refractivity contribution in [1.82, 2.24) is 10.2 Å². The van der Waals surface area contributed by atoms with Gasteiger partial charge in [-0.15, -0.1) is 0 Å². The van der Waals surface area contributed by atoms with E-state index < -0.39 is 18.5 Å². The summed E-state index contributed by atoms with van der Waals surface area (Å²) in [5.41, 5.74) is 1.16. The van der Waals surface area contributed by atoms with Crippen LogP contribution in [0.4, 0.5) is 17.6 Å². The maximum Gasteiger partial charge on any atom is 0.401 e. The fourth-order valence-corrected chi connectivity index (χ4v) is 2.00. The van der Waals surface area contributed by atoms with Crippen LogP contribution in [0.25, 0.3) is 0 Å². The van der Waals surface area contributed by atoms with Crippen molar-refractivity contribution in [2.45, 2.75) is 46.1 Å². The first-order valence-corrected chi connectivity index (χ1v) is 7.01. The van der Waals surface area contributed by atoms with E-state index in [9.17, 15) is 17.6 Å². The molecule has 0 atom stereocenters. The molecule has 0 amide bonds. The van der Waals surface area contributed by atoms with Crippen LogP contribution in [0.1, 0.15) is 31.9 Å². The van der Waals surface area contributed by atoms with Crippen molar-refractivity contribution in [1.29, 1.82) is 0 Å². The Hall–Kier alpha value is -1.14. The molecular weight excluding hydrogens is 284 g/mol. The second kappa shape index (κ2) is 7.75. The Balaban J connectivity index is 2.87. The van der Waals surface area contributed by atoms with Crippen LogP contribution < -0.4 is 5.32 Å². The minimum atomic E-state index is -4.29. The van der Waals surface area contributed by atoms with Gasteiger partial charge in [0, 0.05) is 24.7 Å².